The fourth-order valence-corrected chi connectivity index (χ4v) is 8.29. The maximum Gasteiger partial charge on any atom is 0.318 e. The van der Waals surface area contributed by atoms with Gasteiger partial charge in [-0.15, -0.1) is 0 Å². The van der Waals surface area contributed by atoms with Crippen molar-refractivity contribution in [1.82, 2.24) is 14.9 Å². The Kier molecular flexibility index (Phi) is 7.27. The molecule has 5 heterocycles. The molecule has 2 unspecified atom stereocenters. The Morgan fingerprint density at radius 2 is 2.02 bits per heavy atom. The highest BCUT2D eigenvalue weighted by Gasteiger charge is 2.50. The van der Waals surface area contributed by atoms with E-state index in [9.17, 15) is 9.65 Å². The molecule has 226 valence electrons. The maximum absolute atomic E-state index is 14.5. The van der Waals surface area contributed by atoms with Crippen LogP contribution in [-0.4, -0.2) is 65.5 Å². The number of nitrogen functional groups attached to an aromatic ring is 1. The molecular formula is C32H38FN7O3. The quantitative estimate of drug-likeness (QED) is 0.403. The molecule has 0 bridgehead atoms. The number of halogens is 1. The molecule has 10 nitrogen and oxygen atoms in total. The Balaban J connectivity index is 1.25. The van der Waals surface area contributed by atoms with E-state index in [0.717, 1.165) is 86.2 Å². The van der Waals surface area contributed by atoms with Gasteiger partial charge in [0.15, 0.2) is 0 Å². The van der Waals surface area contributed by atoms with Crippen molar-refractivity contribution in [3.05, 3.63) is 40.1 Å². The molecule has 43 heavy (non-hydrogen) atoms. The lowest BCUT2D eigenvalue weighted by Gasteiger charge is -2.43. The van der Waals surface area contributed by atoms with Gasteiger partial charge in [-0.25, -0.2) is 4.39 Å². The lowest BCUT2D eigenvalue weighted by Crippen LogP contribution is -2.44. The van der Waals surface area contributed by atoms with Crippen LogP contribution >= 0.6 is 0 Å². The highest BCUT2D eigenvalue weighted by Crippen LogP contribution is 2.48. The van der Waals surface area contributed by atoms with Gasteiger partial charge in [0, 0.05) is 55.7 Å². The number of nitrogens with two attached hydrogens (primary N) is 1. The van der Waals surface area contributed by atoms with Crippen LogP contribution in [0.1, 0.15) is 79.3 Å². The van der Waals surface area contributed by atoms with Crippen LogP contribution in [0, 0.1) is 22.8 Å². The summed E-state index contributed by atoms with van der Waals surface area (Å²) in [6.45, 7) is 3.45. The predicted molar refractivity (Wildman–Crippen MR) is 156 cm³/mol. The number of aryl methyl sites for hydroxylation is 1. The van der Waals surface area contributed by atoms with Crippen LogP contribution in [0.15, 0.2) is 12.1 Å². The van der Waals surface area contributed by atoms with E-state index in [2.05, 4.69) is 15.9 Å². The van der Waals surface area contributed by atoms with Gasteiger partial charge in [0.25, 0.3) is 6.26 Å². The van der Waals surface area contributed by atoms with Crippen molar-refractivity contribution in [2.45, 2.75) is 94.2 Å². The SMILES string of the molecule is N#COC1CCCN(c2nc(OCC34CCCN3C[C@H](F)C4)nc3c2CO[C@@]2(CCCc4ccc(N)c(C#N)c42)C3)CC1. The summed E-state index contributed by atoms with van der Waals surface area (Å²) in [5.74, 6) is 0.784. The molecule has 1 aromatic carbocycles. The zero-order chi connectivity index (χ0) is 29.6. The number of rotatable bonds is 5. The molecule has 7 rings (SSSR count). The van der Waals surface area contributed by atoms with Crippen LogP contribution < -0.4 is 15.4 Å². The number of alkyl halides is 1. The number of benzene rings is 1. The van der Waals surface area contributed by atoms with Crippen molar-refractivity contribution in [3.63, 3.8) is 0 Å². The first-order valence-electron chi connectivity index (χ1n) is 15.6. The highest BCUT2D eigenvalue weighted by molar-refractivity contribution is 5.63. The molecule has 3 saturated heterocycles. The third kappa shape index (κ3) is 4.93. The summed E-state index contributed by atoms with van der Waals surface area (Å²) in [6, 6.07) is 6.49. The van der Waals surface area contributed by atoms with Gasteiger partial charge in [0.1, 0.15) is 36.4 Å². The molecule has 5 aliphatic rings. The molecule has 1 spiro atoms. The van der Waals surface area contributed by atoms with E-state index in [4.69, 9.17) is 35.2 Å². The number of nitrogens with zero attached hydrogens (tertiary/aromatic N) is 6. The first-order valence-corrected chi connectivity index (χ1v) is 15.6. The van der Waals surface area contributed by atoms with E-state index >= 15 is 0 Å². The van der Waals surface area contributed by atoms with Crippen molar-refractivity contribution in [1.29, 1.82) is 10.5 Å². The second-order valence-electron chi connectivity index (χ2n) is 12.9. The molecule has 0 radical (unpaired) electrons. The fourth-order valence-electron chi connectivity index (χ4n) is 8.29. The first-order chi connectivity index (χ1) is 20.9. The summed E-state index contributed by atoms with van der Waals surface area (Å²) in [5, 5.41) is 19.2. The fraction of sp³-hybridized carbons (Fsp3) is 0.625. The second-order valence-corrected chi connectivity index (χ2v) is 12.9. The topological polar surface area (TPSA) is 134 Å². The van der Waals surface area contributed by atoms with Crippen LogP contribution in [0.4, 0.5) is 15.9 Å². The molecule has 0 saturated carbocycles. The summed E-state index contributed by atoms with van der Waals surface area (Å²) < 4.78 is 32.9. The van der Waals surface area contributed by atoms with Crippen molar-refractivity contribution < 1.29 is 18.6 Å². The molecule has 3 fully saturated rings. The van der Waals surface area contributed by atoms with Crippen LogP contribution in [0.25, 0.3) is 0 Å². The normalized spacial score (nSPS) is 30.1. The monoisotopic (exact) mass is 587 g/mol. The molecule has 4 atom stereocenters. The zero-order valence-corrected chi connectivity index (χ0v) is 24.5. The van der Waals surface area contributed by atoms with Crippen molar-refractivity contribution in [2.24, 2.45) is 0 Å². The minimum absolute atomic E-state index is 0.111. The zero-order valence-electron chi connectivity index (χ0n) is 24.5. The number of ether oxygens (including phenoxy) is 3. The van der Waals surface area contributed by atoms with Crippen molar-refractivity contribution >= 4 is 11.5 Å². The largest absolute Gasteiger partial charge is 0.461 e. The average Bonchev–Trinajstić information content (AvgIpc) is 3.42. The van der Waals surface area contributed by atoms with Crippen LogP contribution in [0.3, 0.4) is 0 Å². The molecular weight excluding hydrogens is 549 g/mol. The average molecular weight is 588 g/mol. The Labute approximate surface area is 251 Å². The number of fused-ring (bicyclic) bond motifs is 4. The molecule has 2 aromatic rings. The second kappa shape index (κ2) is 11.1. The van der Waals surface area contributed by atoms with Gasteiger partial charge in [-0.05, 0) is 63.1 Å². The molecule has 1 aliphatic carbocycles. The van der Waals surface area contributed by atoms with Gasteiger partial charge in [-0.1, -0.05) is 6.07 Å². The molecule has 11 heteroatoms. The standard InChI is InChI=1S/C32H38FN7O3/c33-22-14-31(9-3-12-40(31)17-22)19-41-30-37-27-15-32(10-1-4-21-6-7-26(36)24(16-34)28(21)32)43-18-25(27)29(38-30)39-11-2-5-23(8-13-39)42-20-35/h6-7,22-23H,1-5,8-15,17-19,36H2/t22-,23?,31?,32+/m1/s1. The third-order valence-electron chi connectivity index (χ3n) is 10.3. The maximum atomic E-state index is 14.5. The Bertz CT molecular complexity index is 1490. The first kappa shape index (κ1) is 28.1. The predicted octanol–water partition coefficient (Wildman–Crippen LogP) is 4.05. The van der Waals surface area contributed by atoms with Crippen LogP contribution in [-0.2, 0) is 34.5 Å². The Morgan fingerprint density at radius 3 is 2.88 bits per heavy atom. The van der Waals surface area contributed by atoms with Crippen LogP contribution in [0.2, 0.25) is 0 Å². The third-order valence-corrected chi connectivity index (χ3v) is 10.3. The number of nitriles is 2. The van der Waals surface area contributed by atoms with Gasteiger partial charge in [-0.2, -0.15) is 20.5 Å². The van der Waals surface area contributed by atoms with Crippen LogP contribution in [0.5, 0.6) is 6.01 Å². The van der Waals surface area contributed by atoms with Crippen molar-refractivity contribution in [3.8, 4) is 18.3 Å². The minimum Gasteiger partial charge on any atom is -0.461 e. The molecule has 0 amide bonds. The number of hydrogen-bond acceptors (Lipinski definition) is 10. The van der Waals surface area contributed by atoms with Gasteiger partial charge in [-0.3, -0.25) is 4.90 Å². The molecule has 2 N–H and O–H groups in total. The summed E-state index contributed by atoms with van der Waals surface area (Å²) in [6.07, 6.45) is 8.76. The van der Waals surface area contributed by atoms with E-state index in [1.807, 2.05) is 18.4 Å². The summed E-state index contributed by atoms with van der Waals surface area (Å²) in [7, 11) is 0. The summed E-state index contributed by atoms with van der Waals surface area (Å²) >= 11 is 0. The van der Waals surface area contributed by atoms with E-state index in [0.29, 0.717) is 62.8 Å². The van der Waals surface area contributed by atoms with E-state index in [1.54, 1.807) is 0 Å². The highest BCUT2D eigenvalue weighted by atomic mass is 19.1. The van der Waals surface area contributed by atoms with Gasteiger partial charge >= 0.3 is 6.01 Å². The minimum atomic E-state index is -0.838. The Morgan fingerprint density at radius 1 is 1.12 bits per heavy atom. The number of hydrogen-bond donors (Lipinski definition) is 1. The molecule has 1 aromatic heterocycles. The Hall–Kier alpha value is -3.67. The smallest absolute Gasteiger partial charge is 0.318 e. The summed E-state index contributed by atoms with van der Waals surface area (Å²) in [5.41, 5.74) is 10.0. The van der Waals surface area contributed by atoms with E-state index in [-0.39, 0.29) is 11.6 Å². The lowest BCUT2D eigenvalue weighted by atomic mass is 9.72. The van der Waals surface area contributed by atoms with E-state index < -0.39 is 11.8 Å². The van der Waals surface area contributed by atoms with Gasteiger partial charge in [0.05, 0.1) is 23.4 Å². The van der Waals surface area contributed by atoms with Gasteiger partial charge in [0.2, 0.25) is 0 Å². The summed E-state index contributed by atoms with van der Waals surface area (Å²) in [4.78, 5) is 14.4. The number of aromatic nitrogens is 2. The lowest BCUT2D eigenvalue weighted by molar-refractivity contribution is -0.0857. The van der Waals surface area contributed by atoms with Crippen molar-refractivity contribution in [2.75, 3.05) is 43.4 Å². The van der Waals surface area contributed by atoms with E-state index in [1.165, 1.54) is 0 Å². The number of anilines is 2. The van der Waals surface area contributed by atoms with Gasteiger partial charge < -0.3 is 24.8 Å². The molecule has 4 aliphatic heterocycles.